The van der Waals surface area contributed by atoms with E-state index in [2.05, 4.69) is 4.99 Å². The second-order valence-electron chi connectivity index (χ2n) is 4.51. The molecule has 5 nitrogen and oxygen atoms in total. The Hall–Kier alpha value is -1.91. The van der Waals surface area contributed by atoms with E-state index in [1.54, 1.807) is 0 Å². The largest absolute Gasteiger partial charge is 0.466 e. The SMILES string of the molecule is CCC1N=C(C2C=CCC(C(=O)OC)=CC2)OC1=O. The average molecular weight is 263 g/mol. The quantitative estimate of drug-likeness (QED) is 0.575. The third-order valence-electron chi connectivity index (χ3n) is 3.24. The molecule has 1 aliphatic heterocycles. The van der Waals surface area contributed by atoms with Crippen LogP contribution < -0.4 is 0 Å². The molecule has 0 fully saturated rings. The fourth-order valence-electron chi connectivity index (χ4n) is 2.10. The molecule has 2 rings (SSSR count). The molecule has 0 N–H and O–H groups in total. The molecule has 0 spiro atoms. The summed E-state index contributed by atoms with van der Waals surface area (Å²) in [5, 5.41) is 0. The number of carbonyl (C=O) groups is 2. The molecule has 0 aromatic carbocycles. The summed E-state index contributed by atoms with van der Waals surface area (Å²) < 4.78 is 9.90. The van der Waals surface area contributed by atoms with Crippen LogP contribution in [0.5, 0.6) is 0 Å². The van der Waals surface area contributed by atoms with Gasteiger partial charge < -0.3 is 9.47 Å². The average Bonchev–Trinajstić information content (AvgIpc) is 2.65. The van der Waals surface area contributed by atoms with Gasteiger partial charge in [-0.1, -0.05) is 25.2 Å². The number of allylic oxidation sites excluding steroid dienone is 2. The van der Waals surface area contributed by atoms with Crippen LogP contribution in [-0.2, 0) is 19.1 Å². The van der Waals surface area contributed by atoms with Gasteiger partial charge in [0.1, 0.15) is 0 Å². The van der Waals surface area contributed by atoms with Gasteiger partial charge in [0.25, 0.3) is 0 Å². The van der Waals surface area contributed by atoms with Crippen molar-refractivity contribution in [2.24, 2.45) is 10.9 Å². The second kappa shape index (κ2) is 5.82. The number of hydrogen-bond acceptors (Lipinski definition) is 5. The summed E-state index contributed by atoms with van der Waals surface area (Å²) in [6.07, 6.45) is 7.39. The molecule has 0 saturated carbocycles. The van der Waals surface area contributed by atoms with E-state index in [1.165, 1.54) is 7.11 Å². The summed E-state index contributed by atoms with van der Waals surface area (Å²) in [5.41, 5.74) is 0.623. The Balaban J connectivity index is 2.10. The first-order chi connectivity index (χ1) is 9.15. The second-order valence-corrected chi connectivity index (χ2v) is 4.51. The number of rotatable bonds is 3. The first-order valence-electron chi connectivity index (χ1n) is 6.39. The fourth-order valence-corrected chi connectivity index (χ4v) is 2.10. The van der Waals surface area contributed by atoms with Gasteiger partial charge in [0.2, 0.25) is 5.90 Å². The highest BCUT2D eigenvalue weighted by Gasteiger charge is 2.31. The molecule has 0 saturated heterocycles. The summed E-state index contributed by atoms with van der Waals surface area (Å²) in [6.45, 7) is 1.90. The molecule has 2 unspecified atom stereocenters. The van der Waals surface area contributed by atoms with Crippen LogP contribution in [0.25, 0.3) is 0 Å². The van der Waals surface area contributed by atoms with Crippen LogP contribution in [0.1, 0.15) is 26.2 Å². The number of carbonyl (C=O) groups excluding carboxylic acids is 2. The summed E-state index contributed by atoms with van der Waals surface area (Å²) >= 11 is 0. The Labute approximate surface area is 112 Å². The molecule has 1 heterocycles. The Kier molecular flexibility index (Phi) is 4.14. The zero-order valence-electron chi connectivity index (χ0n) is 11.1. The molecular formula is C14H17NO4. The van der Waals surface area contributed by atoms with E-state index in [1.807, 2.05) is 25.2 Å². The zero-order valence-corrected chi connectivity index (χ0v) is 11.1. The maximum Gasteiger partial charge on any atom is 0.337 e. The number of aliphatic imine (C=N–C) groups is 1. The summed E-state index contributed by atoms with van der Waals surface area (Å²) in [6, 6.07) is -0.379. The molecule has 0 bridgehead atoms. The van der Waals surface area contributed by atoms with Crippen molar-refractivity contribution < 1.29 is 19.1 Å². The van der Waals surface area contributed by atoms with Gasteiger partial charge in [-0.05, 0) is 19.3 Å². The van der Waals surface area contributed by atoms with Crippen molar-refractivity contribution in [3.05, 3.63) is 23.8 Å². The highest BCUT2D eigenvalue weighted by molar-refractivity contribution is 5.99. The van der Waals surface area contributed by atoms with Crippen molar-refractivity contribution in [3.63, 3.8) is 0 Å². The monoisotopic (exact) mass is 263 g/mol. The van der Waals surface area contributed by atoms with Gasteiger partial charge in [-0.2, -0.15) is 0 Å². The topological polar surface area (TPSA) is 65.0 Å². The van der Waals surface area contributed by atoms with E-state index in [4.69, 9.17) is 9.47 Å². The minimum atomic E-state index is -0.379. The van der Waals surface area contributed by atoms with E-state index in [0.29, 0.717) is 30.7 Å². The first kappa shape index (κ1) is 13.5. The molecule has 0 aromatic rings. The number of cyclic esters (lactones) is 1. The van der Waals surface area contributed by atoms with E-state index in [-0.39, 0.29) is 23.9 Å². The molecule has 1 aliphatic carbocycles. The van der Waals surface area contributed by atoms with E-state index in [0.717, 1.165) is 0 Å². The summed E-state index contributed by atoms with van der Waals surface area (Å²) in [4.78, 5) is 27.3. The Morgan fingerprint density at radius 3 is 3.00 bits per heavy atom. The van der Waals surface area contributed by atoms with E-state index in [9.17, 15) is 9.59 Å². The Morgan fingerprint density at radius 2 is 2.37 bits per heavy atom. The third-order valence-corrected chi connectivity index (χ3v) is 3.24. The van der Waals surface area contributed by atoms with Crippen LogP contribution >= 0.6 is 0 Å². The zero-order chi connectivity index (χ0) is 13.8. The number of ether oxygens (including phenoxy) is 2. The summed E-state index contributed by atoms with van der Waals surface area (Å²) in [7, 11) is 1.37. The van der Waals surface area contributed by atoms with Crippen molar-refractivity contribution in [3.8, 4) is 0 Å². The van der Waals surface area contributed by atoms with Gasteiger partial charge in [-0.25, -0.2) is 14.6 Å². The first-order valence-corrected chi connectivity index (χ1v) is 6.39. The summed E-state index contributed by atoms with van der Waals surface area (Å²) in [5.74, 6) is -0.229. The van der Waals surface area contributed by atoms with Gasteiger partial charge in [-0.3, -0.25) is 0 Å². The fraction of sp³-hybridized carbons (Fsp3) is 0.500. The lowest BCUT2D eigenvalue weighted by Gasteiger charge is -2.07. The van der Waals surface area contributed by atoms with Crippen LogP contribution in [-0.4, -0.2) is 31.0 Å². The van der Waals surface area contributed by atoms with Gasteiger partial charge in [0, 0.05) is 5.57 Å². The predicted octanol–water partition coefficient (Wildman–Crippen LogP) is 1.79. The van der Waals surface area contributed by atoms with Gasteiger partial charge in [-0.15, -0.1) is 0 Å². The van der Waals surface area contributed by atoms with E-state index < -0.39 is 0 Å². The number of esters is 2. The minimum absolute atomic E-state index is 0.0809. The molecule has 5 heteroatoms. The molecule has 2 aliphatic rings. The lowest BCUT2D eigenvalue weighted by atomic mass is 10.1. The standard InChI is InChI=1S/C14H17NO4/c1-3-11-14(17)19-12(15-11)9-5-4-6-10(8-7-9)13(16)18-2/h4-5,8-9,11H,3,6-7H2,1-2H3. The predicted molar refractivity (Wildman–Crippen MR) is 69.6 cm³/mol. The lowest BCUT2D eigenvalue weighted by molar-refractivity contribution is -0.136. The van der Waals surface area contributed by atoms with Crippen LogP contribution in [0.4, 0.5) is 0 Å². The normalized spacial score (nSPS) is 26.3. The van der Waals surface area contributed by atoms with Crippen molar-refractivity contribution in [2.75, 3.05) is 7.11 Å². The van der Waals surface area contributed by atoms with Crippen LogP contribution in [0.15, 0.2) is 28.8 Å². The van der Waals surface area contributed by atoms with Crippen molar-refractivity contribution in [1.29, 1.82) is 0 Å². The van der Waals surface area contributed by atoms with Gasteiger partial charge in [0.05, 0.1) is 13.0 Å². The minimum Gasteiger partial charge on any atom is -0.466 e. The maximum atomic E-state index is 11.5. The van der Waals surface area contributed by atoms with Gasteiger partial charge in [0.15, 0.2) is 6.04 Å². The highest BCUT2D eigenvalue weighted by Crippen LogP contribution is 2.23. The Bertz CT molecular complexity index is 476. The third kappa shape index (κ3) is 2.92. The van der Waals surface area contributed by atoms with Crippen molar-refractivity contribution in [2.45, 2.75) is 32.2 Å². The highest BCUT2D eigenvalue weighted by atomic mass is 16.6. The number of methoxy groups -OCH3 is 1. The van der Waals surface area contributed by atoms with Gasteiger partial charge >= 0.3 is 11.9 Å². The van der Waals surface area contributed by atoms with Crippen LogP contribution in [0.3, 0.4) is 0 Å². The van der Waals surface area contributed by atoms with Crippen LogP contribution in [0.2, 0.25) is 0 Å². The molecule has 0 radical (unpaired) electrons. The van der Waals surface area contributed by atoms with Crippen molar-refractivity contribution >= 4 is 17.8 Å². The van der Waals surface area contributed by atoms with Crippen molar-refractivity contribution in [1.82, 2.24) is 0 Å². The molecule has 102 valence electrons. The smallest absolute Gasteiger partial charge is 0.337 e. The lowest BCUT2D eigenvalue weighted by Crippen LogP contribution is -2.16. The maximum absolute atomic E-state index is 11.5. The van der Waals surface area contributed by atoms with E-state index >= 15 is 0 Å². The molecule has 0 aromatic heterocycles. The number of nitrogens with zero attached hydrogens (tertiary/aromatic N) is 1. The molecule has 19 heavy (non-hydrogen) atoms. The molecular weight excluding hydrogens is 246 g/mol. The van der Waals surface area contributed by atoms with Crippen LogP contribution in [0, 0.1) is 5.92 Å². The molecule has 0 amide bonds. The Morgan fingerprint density at radius 1 is 1.58 bits per heavy atom. The molecule has 2 atom stereocenters. The number of hydrogen-bond donors (Lipinski definition) is 0.